The van der Waals surface area contributed by atoms with Crippen molar-refractivity contribution < 1.29 is 4.79 Å². The first-order valence-electron chi connectivity index (χ1n) is 6.38. The highest BCUT2D eigenvalue weighted by Gasteiger charge is 1.96. The standard InChI is InChI=1S/C16H23NO/c1-3-5-6-7-8-9-10-11-12-14-15(13-4-2)16(17)18/h6-14H,3-5H2,1-2H3,(H2,17,18)/b7-6+,9-8+,11-10+,14-12+,15-13-. The fourth-order valence-electron chi connectivity index (χ4n) is 1.23. The summed E-state index contributed by atoms with van der Waals surface area (Å²) in [5, 5.41) is 0. The van der Waals surface area contributed by atoms with Crippen LogP contribution in [0.2, 0.25) is 0 Å². The lowest BCUT2D eigenvalue weighted by molar-refractivity contribution is -0.114. The third-order valence-corrected chi connectivity index (χ3v) is 2.13. The molecule has 0 radical (unpaired) electrons. The van der Waals surface area contributed by atoms with Crippen molar-refractivity contribution in [1.82, 2.24) is 0 Å². The summed E-state index contributed by atoms with van der Waals surface area (Å²) in [6.45, 7) is 4.12. The Hall–Kier alpha value is -1.83. The molecule has 2 heteroatoms. The summed E-state index contributed by atoms with van der Waals surface area (Å²) in [6.07, 6.45) is 20.3. The van der Waals surface area contributed by atoms with E-state index in [0.717, 1.165) is 12.8 Å². The zero-order valence-electron chi connectivity index (χ0n) is 11.3. The molecule has 0 atom stereocenters. The van der Waals surface area contributed by atoms with E-state index in [4.69, 9.17) is 5.73 Å². The van der Waals surface area contributed by atoms with Crippen molar-refractivity contribution >= 4 is 5.91 Å². The van der Waals surface area contributed by atoms with Crippen molar-refractivity contribution in [2.24, 2.45) is 5.73 Å². The number of unbranched alkanes of at least 4 members (excludes halogenated alkanes) is 1. The minimum absolute atomic E-state index is 0.389. The third kappa shape index (κ3) is 9.40. The molecule has 0 rings (SSSR count). The first kappa shape index (κ1) is 16.2. The minimum atomic E-state index is -0.389. The summed E-state index contributed by atoms with van der Waals surface area (Å²) in [5.41, 5.74) is 5.78. The van der Waals surface area contributed by atoms with Gasteiger partial charge in [-0.05, 0) is 18.9 Å². The molecular weight excluding hydrogens is 222 g/mol. The van der Waals surface area contributed by atoms with Gasteiger partial charge in [0, 0.05) is 5.57 Å². The quantitative estimate of drug-likeness (QED) is 0.512. The van der Waals surface area contributed by atoms with E-state index in [0.29, 0.717) is 5.57 Å². The smallest absolute Gasteiger partial charge is 0.248 e. The largest absolute Gasteiger partial charge is 0.366 e. The third-order valence-electron chi connectivity index (χ3n) is 2.13. The van der Waals surface area contributed by atoms with E-state index < -0.39 is 0 Å². The lowest BCUT2D eigenvalue weighted by atomic mass is 10.2. The molecule has 2 nitrogen and oxygen atoms in total. The molecule has 0 unspecified atom stereocenters. The van der Waals surface area contributed by atoms with Crippen LogP contribution in [0, 0.1) is 0 Å². The van der Waals surface area contributed by atoms with Crippen LogP contribution in [-0.4, -0.2) is 5.91 Å². The monoisotopic (exact) mass is 245 g/mol. The first-order valence-corrected chi connectivity index (χ1v) is 6.38. The van der Waals surface area contributed by atoms with Gasteiger partial charge in [-0.1, -0.05) is 68.9 Å². The molecule has 0 aliphatic rings. The number of carbonyl (C=O) groups excluding carboxylic acids is 1. The summed E-state index contributed by atoms with van der Waals surface area (Å²) in [7, 11) is 0. The van der Waals surface area contributed by atoms with Gasteiger partial charge in [0.05, 0.1) is 0 Å². The lowest BCUT2D eigenvalue weighted by Gasteiger charge is -1.92. The summed E-state index contributed by atoms with van der Waals surface area (Å²) in [5.74, 6) is -0.389. The number of hydrogen-bond acceptors (Lipinski definition) is 1. The number of nitrogens with two attached hydrogens (primary N) is 1. The first-order chi connectivity index (χ1) is 8.72. The molecule has 0 spiro atoms. The Morgan fingerprint density at radius 2 is 1.61 bits per heavy atom. The van der Waals surface area contributed by atoms with Crippen molar-refractivity contribution in [2.45, 2.75) is 33.1 Å². The maximum atomic E-state index is 11.0. The van der Waals surface area contributed by atoms with E-state index in [2.05, 4.69) is 13.0 Å². The molecule has 0 aromatic heterocycles. The SMILES string of the molecule is CC/C=C(/C=C/C=C/C=C/C=C/CCC)C(N)=O. The predicted octanol–water partition coefficient (Wildman–Crippen LogP) is 3.83. The molecule has 0 bridgehead atoms. The minimum Gasteiger partial charge on any atom is -0.366 e. The Balaban J connectivity index is 4.14. The van der Waals surface area contributed by atoms with Gasteiger partial charge in [-0.2, -0.15) is 0 Å². The van der Waals surface area contributed by atoms with Crippen LogP contribution in [0.5, 0.6) is 0 Å². The van der Waals surface area contributed by atoms with Crippen LogP contribution < -0.4 is 5.73 Å². The van der Waals surface area contributed by atoms with Crippen LogP contribution in [0.25, 0.3) is 0 Å². The molecule has 1 amide bonds. The number of hydrogen-bond donors (Lipinski definition) is 1. The average molecular weight is 245 g/mol. The molecule has 0 aromatic rings. The number of rotatable bonds is 8. The Labute approximate surface area is 110 Å². The Bertz CT molecular complexity index is 371. The second-order valence-corrected chi connectivity index (χ2v) is 3.78. The molecule has 0 heterocycles. The second kappa shape index (κ2) is 11.6. The lowest BCUT2D eigenvalue weighted by Crippen LogP contribution is -2.12. The van der Waals surface area contributed by atoms with Crippen LogP contribution in [0.15, 0.2) is 60.3 Å². The van der Waals surface area contributed by atoms with Gasteiger partial charge in [0.15, 0.2) is 0 Å². The summed E-state index contributed by atoms with van der Waals surface area (Å²) in [4.78, 5) is 11.0. The normalized spacial score (nSPS) is 13.6. The van der Waals surface area contributed by atoms with E-state index in [1.807, 2.05) is 49.5 Å². The van der Waals surface area contributed by atoms with E-state index in [9.17, 15) is 4.79 Å². The molecule has 0 aliphatic heterocycles. The van der Waals surface area contributed by atoms with Crippen LogP contribution in [0.1, 0.15) is 33.1 Å². The summed E-state index contributed by atoms with van der Waals surface area (Å²) < 4.78 is 0. The Morgan fingerprint density at radius 3 is 2.17 bits per heavy atom. The van der Waals surface area contributed by atoms with Crippen LogP contribution >= 0.6 is 0 Å². The highest BCUT2D eigenvalue weighted by Crippen LogP contribution is 1.98. The van der Waals surface area contributed by atoms with Gasteiger partial charge < -0.3 is 5.73 Å². The van der Waals surface area contributed by atoms with Crippen LogP contribution in [-0.2, 0) is 4.79 Å². The molecule has 0 aromatic carbocycles. The average Bonchev–Trinajstić information content (AvgIpc) is 2.35. The van der Waals surface area contributed by atoms with Gasteiger partial charge in [0.2, 0.25) is 5.91 Å². The summed E-state index contributed by atoms with van der Waals surface area (Å²) in [6, 6.07) is 0. The van der Waals surface area contributed by atoms with Gasteiger partial charge in [-0.15, -0.1) is 0 Å². The van der Waals surface area contributed by atoms with Crippen LogP contribution in [0.3, 0.4) is 0 Å². The van der Waals surface area contributed by atoms with Crippen molar-refractivity contribution in [2.75, 3.05) is 0 Å². The van der Waals surface area contributed by atoms with Crippen molar-refractivity contribution in [1.29, 1.82) is 0 Å². The van der Waals surface area contributed by atoms with Gasteiger partial charge >= 0.3 is 0 Å². The van der Waals surface area contributed by atoms with Gasteiger partial charge in [0.25, 0.3) is 0 Å². The van der Waals surface area contributed by atoms with Crippen LogP contribution in [0.4, 0.5) is 0 Å². The number of primary amides is 1. The van der Waals surface area contributed by atoms with E-state index in [1.54, 1.807) is 6.08 Å². The van der Waals surface area contributed by atoms with Gasteiger partial charge in [-0.25, -0.2) is 0 Å². The molecule has 18 heavy (non-hydrogen) atoms. The number of amides is 1. The zero-order valence-corrected chi connectivity index (χ0v) is 11.3. The van der Waals surface area contributed by atoms with Gasteiger partial charge in [-0.3, -0.25) is 4.79 Å². The molecule has 0 saturated carbocycles. The molecular formula is C16H23NO. The van der Waals surface area contributed by atoms with E-state index in [-0.39, 0.29) is 5.91 Å². The fourth-order valence-corrected chi connectivity index (χ4v) is 1.23. The Morgan fingerprint density at radius 1 is 1.00 bits per heavy atom. The van der Waals surface area contributed by atoms with E-state index in [1.165, 1.54) is 6.42 Å². The molecule has 0 fully saturated rings. The molecule has 0 saturated heterocycles. The molecule has 0 aliphatic carbocycles. The molecule has 98 valence electrons. The maximum absolute atomic E-state index is 11.0. The predicted molar refractivity (Wildman–Crippen MR) is 79.0 cm³/mol. The van der Waals surface area contributed by atoms with Crippen molar-refractivity contribution in [3.8, 4) is 0 Å². The maximum Gasteiger partial charge on any atom is 0.248 e. The number of carbonyl (C=O) groups is 1. The number of allylic oxidation sites excluding steroid dienone is 8. The van der Waals surface area contributed by atoms with E-state index >= 15 is 0 Å². The van der Waals surface area contributed by atoms with Crippen molar-refractivity contribution in [3.63, 3.8) is 0 Å². The second-order valence-electron chi connectivity index (χ2n) is 3.78. The van der Waals surface area contributed by atoms with Gasteiger partial charge in [0.1, 0.15) is 0 Å². The highest BCUT2D eigenvalue weighted by molar-refractivity contribution is 5.94. The molecule has 2 N–H and O–H groups in total. The highest BCUT2D eigenvalue weighted by atomic mass is 16.1. The summed E-state index contributed by atoms with van der Waals surface area (Å²) >= 11 is 0. The van der Waals surface area contributed by atoms with Crippen molar-refractivity contribution in [3.05, 3.63) is 60.3 Å². The topological polar surface area (TPSA) is 43.1 Å². The Kier molecular flexibility index (Phi) is 10.5. The fraction of sp³-hybridized carbons (Fsp3) is 0.312. The zero-order chi connectivity index (χ0) is 13.6.